The van der Waals surface area contributed by atoms with Gasteiger partial charge in [-0.05, 0) is 33.0 Å². The summed E-state index contributed by atoms with van der Waals surface area (Å²) in [6.07, 6.45) is 1.58. The van der Waals surface area contributed by atoms with E-state index in [4.69, 9.17) is 9.47 Å². The van der Waals surface area contributed by atoms with Gasteiger partial charge in [0.25, 0.3) is 0 Å². The van der Waals surface area contributed by atoms with E-state index in [0.717, 1.165) is 43.2 Å². The molecule has 7 nitrogen and oxygen atoms in total. The van der Waals surface area contributed by atoms with Crippen LogP contribution in [-0.2, 0) is 9.53 Å². The van der Waals surface area contributed by atoms with E-state index in [1.54, 1.807) is 14.2 Å². The Kier molecular flexibility index (Phi) is 7.91. The quantitative estimate of drug-likeness (QED) is 0.464. The van der Waals surface area contributed by atoms with Crippen LogP contribution in [-0.4, -0.2) is 76.7 Å². The number of likely N-dealkylation sites (N-methyl/N-ethyl adjacent to an activating group) is 1. The van der Waals surface area contributed by atoms with Crippen LogP contribution < -0.4 is 10.1 Å². The number of guanidine groups is 1. The van der Waals surface area contributed by atoms with Crippen LogP contribution in [0.15, 0.2) is 29.3 Å². The highest BCUT2D eigenvalue weighted by Gasteiger charge is 2.27. The number of para-hydroxylation sites is 1. The molecule has 150 valence electrons. The summed E-state index contributed by atoms with van der Waals surface area (Å²) in [4.78, 5) is 20.5. The minimum Gasteiger partial charge on any atom is -0.496 e. The van der Waals surface area contributed by atoms with E-state index in [9.17, 15) is 4.79 Å². The lowest BCUT2D eigenvalue weighted by atomic mass is 9.97. The van der Waals surface area contributed by atoms with Crippen LogP contribution in [0.3, 0.4) is 0 Å². The van der Waals surface area contributed by atoms with Crippen LogP contribution in [0.2, 0.25) is 0 Å². The number of ether oxygens (including phenoxy) is 2. The number of aliphatic imine (C=N–C) groups is 1. The fourth-order valence-electron chi connectivity index (χ4n) is 3.53. The Morgan fingerprint density at radius 2 is 1.96 bits per heavy atom. The Balaban J connectivity index is 2.00. The number of benzene rings is 1. The third-order valence-electron chi connectivity index (χ3n) is 5.12. The van der Waals surface area contributed by atoms with Crippen LogP contribution >= 0.6 is 0 Å². The van der Waals surface area contributed by atoms with Gasteiger partial charge in [0.05, 0.1) is 26.2 Å². The number of likely N-dealkylation sites (tertiary alicyclic amines) is 1. The minimum atomic E-state index is -0.110. The lowest BCUT2D eigenvalue weighted by molar-refractivity contribution is -0.146. The minimum absolute atomic E-state index is 0.00698. The van der Waals surface area contributed by atoms with Gasteiger partial charge in [-0.25, -0.2) is 0 Å². The zero-order chi connectivity index (χ0) is 19.8. The molecule has 2 rings (SSSR count). The van der Waals surface area contributed by atoms with E-state index >= 15 is 0 Å². The van der Waals surface area contributed by atoms with Crippen molar-refractivity contribution >= 4 is 11.9 Å². The molecular weight excluding hydrogens is 344 g/mol. The van der Waals surface area contributed by atoms with Crippen LogP contribution in [0.5, 0.6) is 5.75 Å². The second-order valence-electron chi connectivity index (χ2n) is 6.93. The van der Waals surface area contributed by atoms with E-state index in [2.05, 4.69) is 40.3 Å². The topological polar surface area (TPSA) is 66.4 Å². The summed E-state index contributed by atoms with van der Waals surface area (Å²) < 4.78 is 10.4. The fourth-order valence-corrected chi connectivity index (χ4v) is 3.53. The van der Waals surface area contributed by atoms with Crippen LogP contribution in [0.4, 0.5) is 0 Å². The van der Waals surface area contributed by atoms with Crippen molar-refractivity contribution in [3.63, 3.8) is 0 Å². The third kappa shape index (κ3) is 5.35. The van der Waals surface area contributed by atoms with Crippen LogP contribution in [0.25, 0.3) is 0 Å². The van der Waals surface area contributed by atoms with Gasteiger partial charge in [0.15, 0.2) is 5.96 Å². The molecular formula is C20H32N4O3. The number of methoxy groups -OCH3 is 2. The Bertz CT molecular complexity index is 640. The molecule has 1 heterocycles. The number of rotatable bonds is 6. The summed E-state index contributed by atoms with van der Waals surface area (Å²) in [5.74, 6) is 1.63. The molecule has 1 N–H and O–H groups in total. The molecule has 1 aliphatic rings. The molecule has 0 aliphatic carbocycles. The van der Waals surface area contributed by atoms with Gasteiger partial charge >= 0.3 is 5.97 Å². The highest BCUT2D eigenvalue weighted by Crippen LogP contribution is 2.27. The molecule has 0 radical (unpaired) electrons. The zero-order valence-electron chi connectivity index (χ0n) is 17.1. The smallest absolute Gasteiger partial charge is 0.308 e. The molecule has 1 aliphatic heterocycles. The Morgan fingerprint density at radius 3 is 2.52 bits per heavy atom. The number of hydrogen-bond donors (Lipinski definition) is 1. The van der Waals surface area contributed by atoms with Crippen molar-refractivity contribution in [2.24, 2.45) is 10.9 Å². The molecule has 0 saturated carbocycles. The zero-order valence-corrected chi connectivity index (χ0v) is 17.1. The number of hydrogen-bond acceptors (Lipinski definition) is 5. The van der Waals surface area contributed by atoms with E-state index in [-0.39, 0.29) is 17.9 Å². The second-order valence-corrected chi connectivity index (χ2v) is 6.93. The highest BCUT2D eigenvalue weighted by molar-refractivity contribution is 5.80. The van der Waals surface area contributed by atoms with Gasteiger partial charge in [0, 0.05) is 32.2 Å². The summed E-state index contributed by atoms with van der Waals surface area (Å²) in [7, 11) is 9.06. The van der Waals surface area contributed by atoms with Gasteiger partial charge < -0.3 is 24.6 Å². The molecule has 0 bridgehead atoms. The number of piperidine rings is 1. The van der Waals surface area contributed by atoms with E-state index < -0.39 is 0 Å². The number of nitrogens with one attached hydrogen (secondary N) is 1. The van der Waals surface area contributed by atoms with Gasteiger partial charge in [-0.2, -0.15) is 0 Å². The number of carbonyl (C=O) groups excluding carboxylic acids is 1. The predicted molar refractivity (Wildman–Crippen MR) is 107 cm³/mol. The van der Waals surface area contributed by atoms with Crippen molar-refractivity contribution in [2.75, 3.05) is 55.0 Å². The monoisotopic (exact) mass is 376 g/mol. The lowest BCUT2D eigenvalue weighted by Crippen LogP contribution is -2.48. The van der Waals surface area contributed by atoms with Crippen molar-refractivity contribution < 1.29 is 14.3 Å². The Morgan fingerprint density at radius 1 is 1.30 bits per heavy atom. The van der Waals surface area contributed by atoms with Crippen LogP contribution in [0, 0.1) is 5.92 Å². The maximum absolute atomic E-state index is 11.7. The summed E-state index contributed by atoms with van der Waals surface area (Å²) in [5, 5.41) is 3.49. The molecule has 0 aromatic heterocycles. The molecule has 1 fully saturated rings. The normalized spacial score (nSPS) is 17.0. The molecule has 1 aromatic rings. The average molecular weight is 377 g/mol. The first-order chi connectivity index (χ1) is 13.0. The largest absolute Gasteiger partial charge is 0.496 e. The fraction of sp³-hybridized carbons (Fsp3) is 0.600. The first-order valence-corrected chi connectivity index (χ1v) is 9.34. The third-order valence-corrected chi connectivity index (χ3v) is 5.12. The molecule has 1 aromatic carbocycles. The van der Waals surface area contributed by atoms with E-state index in [1.807, 2.05) is 18.2 Å². The molecule has 27 heavy (non-hydrogen) atoms. The first-order valence-electron chi connectivity index (χ1n) is 9.34. The van der Waals surface area contributed by atoms with Gasteiger partial charge in [-0.15, -0.1) is 0 Å². The van der Waals surface area contributed by atoms with Gasteiger partial charge in [0.1, 0.15) is 5.75 Å². The van der Waals surface area contributed by atoms with E-state index in [0.29, 0.717) is 6.54 Å². The molecule has 0 spiro atoms. The summed E-state index contributed by atoms with van der Waals surface area (Å²) >= 11 is 0. The molecule has 1 unspecified atom stereocenters. The van der Waals surface area contributed by atoms with E-state index in [1.165, 1.54) is 7.11 Å². The standard InChI is InChI=1S/C20H32N4O3/c1-21-20(24-12-10-15(11-13-24)19(25)27-5)22-14-17(23(2)3)16-8-6-7-9-18(16)26-4/h6-9,15,17H,10-14H2,1-5H3,(H,21,22). The average Bonchev–Trinajstić information content (AvgIpc) is 2.70. The van der Waals surface area contributed by atoms with Crippen molar-refractivity contribution in [3.05, 3.63) is 29.8 Å². The van der Waals surface area contributed by atoms with Crippen molar-refractivity contribution in [3.8, 4) is 5.75 Å². The molecule has 1 atom stereocenters. The molecule has 1 saturated heterocycles. The predicted octanol–water partition coefficient (Wildman–Crippen LogP) is 1.76. The maximum Gasteiger partial charge on any atom is 0.308 e. The second kappa shape index (κ2) is 10.2. The van der Waals surface area contributed by atoms with Gasteiger partial charge in [-0.1, -0.05) is 18.2 Å². The van der Waals surface area contributed by atoms with Crippen molar-refractivity contribution in [1.29, 1.82) is 0 Å². The summed E-state index contributed by atoms with van der Waals surface area (Å²) in [6.45, 7) is 2.29. The molecule has 0 amide bonds. The number of esters is 1. The van der Waals surface area contributed by atoms with Gasteiger partial charge in [0.2, 0.25) is 0 Å². The SMILES string of the molecule is CN=C(NCC(c1ccccc1OC)N(C)C)N1CCC(C(=O)OC)CC1. The summed E-state index contributed by atoms with van der Waals surface area (Å²) in [5.41, 5.74) is 1.14. The van der Waals surface area contributed by atoms with Crippen molar-refractivity contribution in [1.82, 2.24) is 15.1 Å². The number of carbonyl (C=O) groups is 1. The first kappa shape index (κ1) is 21.0. The Hall–Kier alpha value is -2.28. The summed E-state index contributed by atoms with van der Waals surface area (Å²) in [6, 6.07) is 8.23. The lowest BCUT2D eigenvalue weighted by Gasteiger charge is -2.34. The molecule has 7 heteroatoms. The number of nitrogens with zero attached hydrogens (tertiary/aromatic N) is 3. The van der Waals surface area contributed by atoms with Crippen LogP contribution in [0.1, 0.15) is 24.4 Å². The Labute approximate surface area is 162 Å². The van der Waals surface area contributed by atoms with Crippen molar-refractivity contribution in [2.45, 2.75) is 18.9 Å². The highest BCUT2D eigenvalue weighted by atomic mass is 16.5. The van der Waals surface area contributed by atoms with Gasteiger partial charge in [-0.3, -0.25) is 9.79 Å². The maximum atomic E-state index is 11.7.